The average molecular weight is 360 g/mol. The second kappa shape index (κ2) is 8.85. The molecule has 140 valence electrons. The van der Waals surface area contributed by atoms with Gasteiger partial charge >= 0.3 is 5.97 Å². The average Bonchev–Trinajstić information content (AvgIpc) is 3.23. The molecule has 1 aromatic carbocycles. The van der Waals surface area contributed by atoms with Crippen LogP contribution in [0.2, 0.25) is 0 Å². The van der Waals surface area contributed by atoms with E-state index >= 15 is 0 Å². The van der Waals surface area contributed by atoms with E-state index in [9.17, 15) is 9.59 Å². The molecule has 26 heavy (non-hydrogen) atoms. The number of aliphatic carboxylic acids is 1. The maximum Gasteiger partial charge on any atom is 0.303 e. The van der Waals surface area contributed by atoms with E-state index in [4.69, 9.17) is 19.0 Å². The fourth-order valence-electron chi connectivity index (χ4n) is 3.39. The molecule has 1 aliphatic rings. The van der Waals surface area contributed by atoms with Crippen LogP contribution in [0.25, 0.3) is 11.0 Å². The number of rotatable bonds is 10. The van der Waals surface area contributed by atoms with Gasteiger partial charge in [-0.15, -0.1) is 0 Å². The minimum atomic E-state index is -0.781. The number of benzene rings is 1. The molecule has 0 amide bonds. The molecule has 2 aromatic rings. The van der Waals surface area contributed by atoms with Crippen LogP contribution in [0.4, 0.5) is 0 Å². The molecule has 3 rings (SSSR count). The number of fused-ring (bicyclic) bond motifs is 1. The molecule has 0 bridgehead atoms. The van der Waals surface area contributed by atoms with Crippen LogP contribution in [0.5, 0.6) is 5.75 Å². The first-order valence-corrected chi connectivity index (χ1v) is 9.06. The third-order valence-electron chi connectivity index (χ3n) is 4.88. The van der Waals surface area contributed by atoms with Crippen molar-refractivity contribution >= 4 is 22.7 Å². The van der Waals surface area contributed by atoms with Gasteiger partial charge in [-0.3, -0.25) is 9.59 Å². The van der Waals surface area contributed by atoms with Gasteiger partial charge < -0.3 is 19.0 Å². The standard InChI is InChI=1S/C20H24O6/c21-17-8-7-14(12-24-10-2-1-6-20(22)23)16(17)13-26-19-5-3-4-18-15(19)9-11-25-18/h3-5,9,11,14,16H,1-2,6-8,10,12-13H2,(H,22,23)/t14-,16?/m1/s1. The summed E-state index contributed by atoms with van der Waals surface area (Å²) in [6.07, 6.45) is 4.51. The number of carboxylic acid groups (broad SMARTS) is 1. The van der Waals surface area contributed by atoms with E-state index in [-0.39, 0.29) is 24.0 Å². The third kappa shape index (κ3) is 4.64. The monoisotopic (exact) mass is 360 g/mol. The Morgan fingerprint density at radius 1 is 1.23 bits per heavy atom. The molecule has 1 fully saturated rings. The number of unbranched alkanes of at least 4 members (excludes halogenated alkanes) is 1. The van der Waals surface area contributed by atoms with Crippen molar-refractivity contribution in [3.8, 4) is 5.75 Å². The Morgan fingerprint density at radius 3 is 2.96 bits per heavy atom. The summed E-state index contributed by atoms with van der Waals surface area (Å²) >= 11 is 0. The van der Waals surface area contributed by atoms with E-state index in [2.05, 4.69) is 0 Å². The Labute approximate surface area is 152 Å². The van der Waals surface area contributed by atoms with Crippen molar-refractivity contribution in [2.24, 2.45) is 11.8 Å². The lowest BCUT2D eigenvalue weighted by Crippen LogP contribution is -2.25. The molecule has 6 heteroatoms. The zero-order valence-electron chi connectivity index (χ0n) is 14.7. The lowest BCUT2D eigenvalue weighted by Gasteiger charge is -2.19. The minimum Gasteiger partial charge on any atom is -0.492 e. The Balaban J connectivity index is 1.47. The lowest BCUT2D eigenvalue weighted by molar-refractivity contribution is -0.137. The van der Waals surface area contributed by atoms with Gasteiger partial charge in [0.2, 0.25) is 0 Å². The van der Waals surface area contributed by atoms with Gasteiger partial charge in [0.15, 0.2) is 0 Å². The summed E-state index contributed by atoms with van der Waals surface area (Å²) < 4.78 is 17.0. The summed E-state index contributed by atoms with van der Waals surface area (Å²) in [7, 11) is 0. The summed E-state index contributed by atoms with van der Waals surface area (Å²) in [5, 5.41) is 9.52. The molecule has 1 unspecified atom stereocenters. The number of carbonyl (C=O) groups is 2. The van der Waals surface area contributed by atoms with Gasteiger partial charge in [-0.2, -0.15) is 0 Å². The number of ether oxygens (including phenoxy) is 2. The maximum atomic E-state index is 12.2. The van der Waals surface area contributed by atoms with Crippen molar-refractivity contribution in [3.05, 3.63) is 30.5 Å². The molecule has 0 aliphatic heterocycles. The number of hydrogen-bond acceptors (Lipinski definition) is 5. The van der Waals surface area contributed by atoms with Gasteiger partial charge in [0.25, 0.3) is 0 Å². The molecular weight excluding hydrogens is 336 g/mol. The molecule has 1 N–H and O–H groups in total. The normalized spacial score (nSPS) is 19.9. The topological polar surface area (TPSA) is 86.0 Å². The van der Waals surface area contributed by atoms with Crippen LogP contribution in [0, 0.1) is 11.8 Å². The SMILES string of the molecule is O=C(O)CCCCOC[C@H]1CCC(=O)C1COc1cccc2occc12. The van der Waals surface area contributed by atoms with Crippen LogP contribution in [0.1, 0.15) is 32.1 Å². The van der Waals surface area contributed by atoms with Gasteiger partial charge in [0.05, 0.1) is 30.8 Å². The summed E-state index contributed by atoms with van der Waals surface area (Å²) in [4.78, 5) is 22.7. The van der Waals surface area contributed by atoms with Gasteiger partial charge in [0.1, 0.15) is 17.1 Å². The van der Waals surface area contributed by atoms with E-state index in [1.54, 1.807) is 6.26 Å². The van der Waals surface area contributed by atoms with Crippen LogP contribution >= 0.6 is 0 Å². The quantitative estimate of drug-likeness (QED) is 0.651. The number of furan rings is 1. The van der Waals surface area contributed by atoms with E-state index in [1.165, 1.54) is 0 Å². The van der Waals surface area contributed by atoms with Crippen LogP contribution in [0.15, 0.2) is 34.9 Å². The van der Waals surface area contributed by atoms with E-state index in [1.807, 2.05) is 24.3 Å². The number of ketones is 1. The van der Waals surface area contributed by atoms with Crippen LogP contribution in [-0.4, -0.2) is 36.7 Å². The van der Waals surface area contributed by atoms with Crippen molar-refractivity contribution < 1.29 is 28.6 Å². The largest absolute Gasteiger partial charge is 0.492 e. The molecule has 1 aromatic heterocycles. The predicted molar refractivity (Wildman–Crippen MR) is 95.2 cm³/mol. The molecular formula is C20H24O6. The van der Waals surface area contributed by atoms with Crippen molar-refractivity contribution in [1.82, 2.24) is 0 Å². The van der Waals surface area contributed by atoms with Gasteiger partial charge in [-0.05, 0) is 43.4 Å². The summed E-state index contributed by atoms with van der Waals surface area (Å²) in [5.41, 5.74) is 0.765. The minimum absolute atomic E-state index is 0.156. The fourth-order valence-corrected chi connectivity index (χ4v) is 3.39. The highest BCUT2D eigenvalue weighted by Crippen LogP contribution is 2.32. The zero-order valence-corrected chi connectivity index (χ0v) is 14.7. The fraction of sp³-hybridized carbons (Fsp3) is 0.500. The first-order chi connectivity index (χ1) is 12.6. The molecule has 0 radical (unpaired) electrons. The summed E-state index contributed by atoms with van der Waals surface area (Å²) in [5.74, 6) is 0.172. The molecule has 1 aliphatic carbocycles. The summed E-state index contributed by atoms with van der Waals surface area (Å²) in [6.45, 7) is 1.39. The van der Waals surface area contributed by atoms with E-state index < -0.39 is 5.97 Å². The Hall–Kier alpha value is -2.34. The van der Waals surface area contributed by atoms with E-state index in [0.717, 1.165) is 29.6 Å². The van der Waals surface area contributed by atoms with Gasteiger partial charge in [-0.25, -0.2) is 0 Å². The third-order valence-corrected chi connectivity index (χ3v) is 4.88. The molecule has 1 saturated carbocycles. The number of hydrogen-bond donors (Lipinski definition) is 1. The van der Waals surface area contributed by atoms with Crippen molar-refractivity contribution in [1.29, 1.82) is 0 Å². The second-order valence-electron chi connectivity index (χ2n) is 6.70. The van der Waals surface area contributed by atoms with Crippen molar-refractivity contribution in [2.75, 3.05) is 19.8 Å². The zero-order chi connectivity index (χ0) is 18.4. The Bertz CT molecular complexity index is 750. The van der Waals surface area contributed by atoms with Crippen LogP contribution in [-0.2, 0) is 14.3 Å². The van der Waals surface area contributed by atoms with Crippen LogP contribution < -0.4 is 4.74 Å². The van der Waals surface area contributed by atoms with Gasteiger partial charge in [-0.1, -0.05) is 6.07 Å². The predicted octanol–water partition coefficient (Wildman–Crippen LogP) is 3.68. The van der Waals surface area contributed by atoms with Crippen molar-refractivity contribution in [2.45, 2.75) is 32.1 Å². The smallest absolute Gasteiger partial charge is 0.303 e. The highest BCUT2D eigenvalue weighted by Gasteiger charge is 2.35. The number of carbonyl (C=O) groups excluding carboxylic acids is 1. The molecule has 1 heterocycles. The molecule has 0 spiro atoms. The van der Waals surface area contributed by atoms with Gasteiger partial charge in [0, 0.05) is 19.4 Å². The van der Waals surface area contributed by atoms with Crippen LogP contribution in [0.3, 0.4) is 0 Å². The van der Waals surface area contributed by atoms with Crippen molar-refractivity contribution in [3.63, 3.8) is 0 Å². The first-order valence-electron chi connectivity index (χ1n) is 9.06. The molecule has 6 nitrogen and oxygen atoms in total. The maximum absolute atomic E-state index is 12.2. The Morgan fingerprint density at radius 2 is 2.12 bits per heavy atom. The Kier molecular flexibility index (Phi) is 6.28. The molecule has 0 saturated heterocycles. The first kappa shape index (κ1) is 18.5. The van der Waals surface area contributed by atoms with E-state index in [0.29, 0.717) is 32.7 Å². The molecule has 2 atom stereocenters. The summed E-state index contributed by atoms with van der Waals surface area (Å²) in [6, 6.07) is 7.49. The highest BCUT2D eigenvalue weighted by atomic mass is 16.5. The number of carboxylic acids is 1. The number of Topliss-reactive ketones (excluding diaryl/α,β-unsaturated/α-hetero) is 1. The highest BCUT2D eigenvalue weighted by molar-refractivity contribution is 5.85. The second-order valence-corrected chi connectivity index (χ2v) is 6.70. The lowest BCUT2D eigenvalue weighted by atomic mass is 9.97.